The van der Waals surface area contributed by atoms with Crippen molar-refractivity contribution in [3.8, 4) is 0 Å². The molecule has 0 atom stereocenters. The van der Waals surface area contributed by atoms with Gasteiger partial charge < -0.3 is 4.90 Å². The van der Waals surface area contributed by atoms with Gasteiger partial charge in [0.2, 0.25) is 5.91 Å². The minimum absolute atomic E-state index is 0.0631. The first-order valence-electron chi connectivity index (χ1n) is 14.6. The van der Waals surface area contributed by atoms with Gasteiger partial charge in [-0.1, -0.05) is 135 Å². The monoisotopic (exact) mass is 503 g/mol. The van der Waals surface area contributed by atoms with Crippen LogP contribution in [0, 0.1) is 0 Å². The van der Waals surface area contributed by atoms with Crippen LogP contribution in [0.3, 0.4) is 0 Å². The average Bonchev–Trinajstić information content (AvgIpc) is 2.79. The fourth-order valence-electron chi connectivity index (χ4n) is 4.51. The minimum atomic E-state index is -3.93. The van der Waals surface area contributed by atoms with Gasteiger partial charge in [0.05, 0.1) is 5.75 Å². The summed E-state index contributed by atoms with van der Waals surface area (Å²) in [6, 6.07) is 0. The van der Waals surface area contributed by atoms with Crippen LogP contribution in [0.1, 0.15) is 155 Å². The third-order valence-corrected chi connectivity index (χ3v) is 7.62. The Morgan fingerprint density at radius 3 is 1.24 bits per heavy atom. The summed E-state index contributed by atoms with van der Waals surface area (Å²) in [6.07, 6.45) is 29.2. The predicted molar refractivity (Wildman–Crippen MR) is 146 cm³/mol. The maximum Gasteiger partial charge on any atom is 0.264 e. The zero-order valence-corrected chi connectivity index (χ0v) is 23.5. The number of hydrogen-bond donors (Lipinski definition) is 1. The molecule has 34 heavy (non-hydrogen) atoms. The van der Waals surface area contributed by atoms with Crippen molar-refractivity contribution in [1.82, 2.24) is 4.90 Å². The zero-order chi connectivity index (χ0) is 25.3. The molecule has 1 N–H and O–H groups in total. The van der Waals surface area contributed by atoms with Crippen molar-refractivity contribution < 1.29 is 17.8 Å². The molecule has 0 aromatic rings. The van der Waals surface area contributed by atoms with Crippen LogP contribution >= 0.6 is 0 Å². The summed E-state index contributed by atoms with van der Waals surface area (Å²) in [6.45, 7) is 2.65. The topological polar surface area (TPSA) is 74.7 Å². The van der Waals surface area contributed by atoms with Gasteiger partial charge in [-0.2, -0.15) is 8.42 Å². The minimum Gasteiger partial charge on any atom is -0.346 e. The third kappa shape index (κ3) is 26.0. The Bertz CT molecular complexity index is 551. The molecular formula is C28H57NO4S. The van der Waals surface area contributed by atoms with Crippen LogP contribution in [0.2, 0.25) is 0 Å². The molecule has 0 aliphatic rings. The maximum absolute atomic E-state index is 12.0. The number of carbonyl (C=O) groups excluding carboxylic acids is 1. The molecule has 0 fully saturated rings. The number of rotatable bonds is 26. The Morgan fingerprint density at radius 2 is 0.912 bits per heavy atom. The van der Waals surface area contributed by atoms with E-state index in [0.29, 0.717) is 13.0 Å². The van der Waals surface area contributed by atoms with E-state index in [-0.39, 0.29) is 18.1 Å². The molecule has 0 heterocycles. The summed E-state index contributed by atoms with van der Waals surface area (Å²) >= 11 is 0. The lowest BCUT2D eigenvalue weighted by Crippen LogP contribution is -2.28. The van der Waals surface area contributed by atoms with Crippen LogP contribution in [0.5, 0.6) is 0 Å². The Morgan fingerprint density at radius 1 is 0.588 bits per heavy atom. The fraction of sp³-hybridized carbons (Fsp3) is 0.964. The Balaban J connectivity index is 3.24. The third-order valence-electron chi connectivity index (χ3n) is 6.82. The molecule has 0 saturated heterocycles. The summed E-state index contributed by atoms with van der Waals surface area (Å²) in [4.78, 5) is 13.6. The first kappa shape index (κ1) is 33.4. The molecular weight excluding hydrogens is 446 g/mol. The number of amides is 1. The van der Waals surface area contributed by atoms with Crippen LogP contribution in [-0.4, -0.2) is 43.1 Å². The number of hydrogen-bond acceptors (Lipinski definition) is 3. The van der Waals surface area contributed by atoms with Gasteiger partial charge in [-0.3, -0.25) is 9.35 Å². The molecule has 5 nitrogen and oxygen atoms in total. The average molecular weight is 504 g/mol. The molecule has 0 saturated carbocycles. The molecule has 6 heteroatoms. The van der Waals surface area contributed by atoms with Gasteiger partial charge in [-0.25, -0.2) is 0 Å². The SMILES string of the molecule is CCCCCCCCCCCCCCCCCCCCCCCC(=O)N(C)CCCS(=O)(=O)O. The van der Waals surface area contributed by atoms with E-state index in [2.05, 4.69) is 6.92 Å². The summed E-state index contributed by atoms with van der Waals surface area (Å²) in [7, 11) is -2.23. The van der Waals surface area contributed by atoms with Crippen LogP contribution < -0.4 is 0 Å². The first-order valence-corrected chi connectivity index (χ1v) is 16.2. The van der Waals surface area contributed by atoms with E-state index in [1.165, 1.54) is 122 Å². The van der Waals surface area contributed by atoms with E-state index in [1.54, 1.807) is 11.9 Å². The van der Waals surface area contributed by atoms with Gasteiger partial charge in [0.1, 0.15) is 0 Å². The zero-order valence-electron chi connectivity index (χ0n) is 22.7. The van der Waals surface area contributed by atoms with Gasteiger partial charge in [-0.15, -0.1) is 0 Å². The van der Waals surface area contributed by atoms with E-state index >= 15 is 0 Å². The summed E-state index contributed by atoms with van der Waals surface area (Å²) < 4.78 is 30.1. The van der Waals surface area contributed by atoms with Crippen LogP contribution in [0.25, 0.3) is 0 Å². The highest BCUT2D eigenvalue weighted by atomic mass is 32.2. The molecule has 0 aromatic carbocycles. The van der Waals surface area contributed by atoms with Crippen LogP contribution in [0.15, 0.2) is 0 Å². The van der Waals surface area contributed by atoms with Crippen LogP contribution in [0.4, 0.5) is 0 Å². The van der Waals surface area contributed by atoms with Crippen molar-refractivity contribution in [1.29, 1.82) is 0 Å². The van der Waals surface area contributed by atoms with E-state index in [9.17, 15) is 13.2 Å². The van der Waals surface area contributed by atoms with Crippen molar-refractivity contribution in [2.24, 2.45) is 0 Å². The number of carbonyl (C=O) groups is 1. The summed E-state index contributed by atoms with van der Waals surface area (Å²) in [5.74, 6) is -0.225. The quantitative estimate of drug-likeness (QED) is 0.0951. The Labute approximate surface area is 212 Å². The molecule has 0 rings (SSSR count). The molecule has 204 valence electrons. The molecule has 0 aliphatic heterocycles. The van der Waals surface area contributed by atoms with Gasteiger partial charge >= 0.3 is 0 Å². The van der Waals surface area contributed by atoms with Crippen LogP contribution in [-0.2, 0) is 14.9 Å². The van der Waals surface area contributed by atoms with Crippen molar-refractivity contribution in [3.05, 3.63) is 0 Å². The van der Waals surface area contributed by atoms with Gasteiger partial charge in [-0.05, 0) is 12.8 Å². The molecule has 1 amide bonds. The highest BCUT2D eigenvalue weighted by Gasteiger charge is 2.10. The highest BCUT2D eigenvalue weighted by Crippen LogP contribution is 2.15. The summed E-state index contributed by atoms with van der Waals surface area (Å²) in [5.41, 5.74) is 0. The Hall–Kier alpha value is -0.620. The second kappa shape index (κ2) is 24.1. The highest BCUT2D eigenvalue weighted by molar-refractivity contribution is 7.85. The second-order valence-electron chi connectivity index (χ2n) is 10.3. The standard InChI is InChI=1S/C28H57NO4S/c1-3-4-5-6-7-8-9-10-11-12-13-14-15-16-17-18-19-20-21-22-23-25-28(30)29(2)26-24-27-34(31,32)33/h3-27H2,1-2H3,(H,31,32,33). The lowest BCUT2D eigenvalue weighted by Gasteiger charge is -2.16. The normalized spacial score (nSPS) is 11.7. The second-order valence-corrected chi connectivity index (χ2v) is 11.8. The van der Waals surface area contributed by atoms with E-state index < -0.39 is 10.1 Å². The largest absolute Gasteiger partial charge is 0.346 e. The first-order chi connectivity index (χ1) is 16.4. The molecule has 0 radical (unpaired) electrons. The lowest BCUT2D eigenvalue weighted by molar-refractivity contribution is -0.130. The summed E-state index contributed by atoms with van der Waals surface area (Å²) in [5, 5.41) is 0. The predicted octanol–water partition coefficient (Wildman–Crippen LogP) is 8.32. The fourth-order valence-corrected chi connectivity index (χ4v) is 5.00. The molecule has 0 aromatic heterocycles. The van der Waals surface area contributed by atoms with E-state index in [1.807, 2.05) is 0 Å². The number of unbranched alkanes of at least 4 members (excludes halogenated alkanes) is 20. The Kier molecular flexibility index (Phi) is 23.7. The van der Waals surface area contributed by atoms with Crippen molar-refractivity contribution >= 4 is 16.0 Å². The maximum atomic E-state index is 12.0. The lowest BCUT2D eigenvalue weighted by atomic mass is 10.0. The van der Waals surface area contributed by atoms with Gasteiger partial charge in [0.25, 0.3) is 10.1 Å². The van der Waals surface area contributed by atoms with Gasteiger partial charge in [0, 0.05) is 20.0 Å². The van der Waals surface area contributed by atoms with E-state index in [4.69, 9.17) is 4.55 Å². The molecule has 0 unspecified atom stereocenters. The van der Waals surface area contributed by atoms with E-state index in [0.717, 1.165) is 12.8 Å². The molecule has 0 spiro atoms. The van der Waals surface area contributed by atoms with Crippen molar-refractivity contribution in [2.45, 2.75) is 155 Å². The van der Waals surface area contributed by atoms with Crippen molar-refractivity contribution in [3.63, 3.8) is 0 Å². The molecule has 0 aliphatic carbocycles. The smallest absolute Gasteiger partial charge is 0.264 e. The molecule has 0 bridgehead atoms. The van der Waals surface area contributed by atoms with Crippen molar-refractivity contribution in [2.75, 3.05) is 19.3 Å². The van der Waals surface area contributed by atoms with Gasteiger partial charge in [0.15, 0.2) is 0 Å². The number of nitrogens with zero attached hydrogens (tertiary/aromatic N) is 1.